The fourth-order valence-corrected chi connectivity index (χ4v) is 3.28. The second-order valence-electron chi connectivity index (χ2n) is 6.74. The van der Waals surface area contributed by atoms with Gasteiger partial charge in [0.2, 0.25) is 5.91 Å². The molecule has 134 valence electrons. The van der Waals surface area contributed by atoms with E-state index in [0.29, 0.717) is 6.42 Å². The van der Waals surface area contributed by atoms with E-state index in [-0.39, 0.29) is 5.91 Å². The maximum absolute atomic E-state index is 12.5. The largest absolute Gasteiger partial charge is 0.341 e. The van der Waals surface area contributed by atoms with Crippen LogP contribution in [0.15, 0.2) is 30.7 Å². The van der Waals surface area contributed by atoms with E-state index in [1.54, 1.807) is 12.4 Å². The molecular weight excluding hydrogens is 314 g/mol. The fourth-order valence-electron chi connectivity index (χ4n) is 3.28. The Balaban J connectivity index is 1.49. The van der Waals surface area contributed by atoms with Gasteiger partial charge in [0.15, 0.2) is 0 Å². The molecule has 0 atom stereocenters. The van der Waals surface area contributed by atoms with Gasteiger partial charge in [0, 0.05) is 69.8 Å². The third kappa shape index (κ3) is 4.66. The van der Waals surface area contributed by atoms with Crippen LogP contribution in [0.5, 0.6) is 0 Å². The minimum atomic E-state index is 0.260. The van der Waals surface area contributed by atoms with Crippen molar-refractivity contribution in [1.82, 2.24) is 24.6 Å². The van der Waals surface area contributed by atoms with E-state index in [1.807, 2.05) is 35.0 Å². The molecule has 0 spiro atoms. The van der Waals surface area contributed by atoms with Crippen LogP contribution in [-0.4, -0.2) is 56.7 Å². The molecule has 1 fully saturated rings. The Hall–Kier alpha value is -2.21. The van der Waals surface area contributed by atoms with E-state index < -0.39 is 0 Å². The highest BCUT2D eigenvalue weighted by molar-refractivity contribution is 5.76. The molecule has 2 aromatic heterocycles. The lowest BCUT2D eigenvalue weighted by atomic mass is 10.1. The van der Waals surface area contributed by atoms with E-state index in [4.69, 9.17) is 0 Å². The zero-order valence-corrected chi connectivity index (χ0v) is 15.2. The SMILES string of the molecule is Cc1c(CN2CCCN(C(=O)CCc3ccncc3)CC2)cnn1C. The van der Waals surface area contributed by atoms with Crippen LogP contribution in [0.4, 0.5) is 0 Å². The Kier molecular flexibility index (Phi) is 5.81. The average molecular weight is 341 g/mol. The number of aryl methyl sites for hydroxylation is 2. The Morgan fingerprint density at radius 2 is 1.96 bits per heavy atom. The number of nitrogens with zero attached hydrogens (tertiary/aromatic N) is 5. The van der Waals surface area contributed by atoms with Gasteiger partial charge in [0.05, 0.1) is 6.20 Å². The second-order valence-corrected chi connectivity index (χ2v) is 6.74. The van der Waals surface area contributed by atoms with Crippen LogP contribution in [0.1, 0.15) is 29.7 Å². The van der Waals surface area contributed by atoms with Crippen molar-refractivity contribution in [1.29, 1.82) is 0 Å². The summed E-state index contributed by atoms with van der Waals surface area (Å²) in [4.78, 5) is 21.0. The normalized spacial score (nSPS) is 16.0. The van der Waals surface area contributed by atoms with Gasteiger partial charge in [-0.1, -0.05) is 0 Å². The molecule has 0 unspecified atom stereocenters. The predicted octanol–water partition coefficient (Wildman–Crippen LogP) is 1.79. The number of pyridine rings is 1. The van der Waals surface area contributed by atoms with Gasteiger partial charge >= 0.3 is 0 Å². The van der Waals surface area contributed by atoms with Crippen molar-refractivity contribution in [2.45, 2.75) is 32.7 Å². The van der Waals surface area contributed by atoms with E-state index in [0.717, 1.165) is 45.6 Å². The van der Waals surface area contributed by atoms with Crippen LogP contribution in [0.3, 0.4) is 0 Å². The highest BCUT2D eigenvalue weighted by Gasteiger charge is 2.19. The first kappa shape index (κ1) is 17.6. The van der Waals surface area contributed by atoms with Crippen molar-refractivity contribution in [3.63, 3.8) is 0 Å². The van der Waals surface area contributed by atoms with Gasteiger partial charge in [-0.3, -0.25) is 19.4 Å². The summed E-state index contributed by atoms with van der Waals surface area (Å²) in [6.45, 7) is 6.65. The molecule has 6 nitrogen and oxygen atoms in total. The molecule has 3 heterocycles. The van der Waals surface area contributed by atoms with Crippen LogP contribution >= 0.6 is 0 Å². The maximum Gasteiger partial charge on any atom is 0.222 e. The van der Waals surface area contributed by atoms with Crippen LogP contribution in [0.2, 0.25) is 0 Å². The lowest BCUT2D eigenvalue weighted by Gasteiger charge is -2.22. The molecule has 1 aliphatic heterocycles. The molecular formula is C19H27N5O. The molecule has 0 bridgehead atoms. The van der Waals surface area contributed by atoms with Crippen molar-refractivity contribution < 1.29 is 4.79 Å². The first-order chi connectivity index (χ1) is 12.1. The Morgan fingerprint density at radius 1 is 1.16 bits per heavy atom. The summed E-state index contributed by atoms with van der Waals surface area (Å²) in [6.07, 6.45) is 7.91. The van der Waals surface area contributed by atoms with Gasteiger partial charge in [0.1, 0.15) is 0 Å². The van der Waals surface area contributed by atoms with E-state index in [9.17, 15) is 4.79 Å². The lowest BCUT2D eigenvalue weighted by Crippen LogP contribution is -2.35. The predicted molar refractivity (Wildman–Crippen MR) is 97.0 cm³/mol. The summed E-state index contributed by atoms with van der Waals surface area (Å²) in [6, 6.07) is 3.96. The summed E-state index contributed by atoms with van der Waals surface area (Å²) in [5.74, 6) is 0.260. The Labute approximate surface area is 149 Å². The third-order valence-corrected chi connectivity index (χ3v) is 5.05. The maximum atomic E-state index is 12.5. The van der Waals surface area contributed by atoms with Gasteiger partial charge < -0.3 is 4.90 Å². The fraction of sp³-hybridized carbons (Fsp3) is 0.526. The summed E-state index contributed by atoms with van der Waals surface area (Å²) in [5, 5.41) is 4.32. The number of carbonyl (C=O) groups is 1. The summed E-state index contributed by atoms with van der Waals surface area (Å²) in [7, 11) is 1.98. The van der Waals surface area contributed by atoms with Gasteiger partial charge in [-0.05, 0) is 37.5 Å². The number of aromatic nitrogens is 3. The molecule has 2 aromatic rings. The second kappa shape index (κ2) is 8.25. The Morgan fingerprint density at radius 3 is 2.68 bits per heavy atom. The molecule has 25 heavy (non-hydrogen) atoms. The van der Waals surface area contributed by atoms with Crippen LogP contribution in [0.25, 0.3) is 0 Å². The standard InChI is InChI=1S/C19H27N5O/c1-16-18(14-21-22(16)2)15-23-10-3-11-24(13-12-23)19(25)5-4-17-6-8-20-9-7-17/h6-9,14H,3-5,10-13,15H2,1-2H3. The molecule has 0 N–H and O–H groups in total. The van der Waals surface area contributed by atoms with Crippen molar-refractivity contribution >= 4 is 5.91 Å². The van der Waals surface area contributed by atoms with Crippen molar-refractivity contribution in [3.8, 4) is 0 Å². The minimum absolute atomic E-state index is 0.260. The molecule has 0 radical (unpaired) electrons. The minimum Gasteiger partial charge on any atom is -0.341 e. The molecule has 0 saturated carbocycles. The van der Waals surface area contributed by atoms with Crippen LogP contribution in [0, 0.1) is 6.92 Å². The van der Waals surface area contributed by atoms with E-state index in [2.05, 4.69) is 21.9 Å². The molecule has 0 aromatic carbocycles. The zero-order chi connectivity index (χ0) is 17.6. The summed E-state index contributed by atoms with van der Waals surface area (Å²) in [5.41, 5.74) is 3.67. The van der Waals surface area contributed by atoms with Gasteiger partial charge in [-0.15, -0.1) is 0 Å². The first-order valence-corrected chi connectivity index (χ1v) is 9.00. The third-order valence-electron chi connectivity index (χ3n) is 5.05. The van der Waals surface area contributed by atoms with Gasteiger partial charge in [0.25, 0.3) is 0 Å². The number of hydrogen-bond donors (Lipinski definition) is 0. The van der Waals surface area contributed by atoms with E-state index >= 15 is 0 Å². The quantitative estimate of drug-likeness (QED) is 0.832. The monoisotopic (exact) mass is 341 g/mol. The smallest absolute Gasteiger partial charge is 0.222 e. The molecule has 6 heteroatoms. The van der Waals surface area contributed by atoms with Crippen LogP contribution in [-0.2, 0) is 24.8 Å². The summed E-state index contributed by atoms with van der Waals surface area (Å²) >= 11 is 0. The average Bonchev–Trinajstić information content (AvgIpc) is 2.83. The molecule has 3 rings (SSSR count). The number of amides is 1. The van der Waals surface area contributed by atoms with Crippen LogP contribution < -0.4 is 0 Å². The van der Waals surface area contributed by atoms with Crippen molar-refractivity contribution in [2.24, 2.45) is 7.05 Å². The zero-order valence-electron chi connectivity index (χ0n) is 15.2. The molecule has 1 aliphatic rings. The highest BCUT2D eigenvalue weighted by Crippen LogP contribution is 2.13. The van der Waals surface area contributed by atoms with Gasteiger partial charge in [-0.2, -0.15) is 5.10 Å². The number of hydrogen-bond acceptors (Lipinski definition) is 4. The highest BCUT2D eigenvalue weighted by atomic mass is 16.2. The van der Waals surface area contributed by atoms with Crippen molar-refractivity contribution in [2.75, 3.05) is 26.2 Å². The Bertz CT molecular complexity index is 697. The molecule has 1 amide bonds. The number of carbonyl (C=O) groups excluding carboxylic acids is 1. The lowest BCUT2D eigenvalue weighted by molar-refractivity contribution is -0.131. The summed E-state index contributed by atoms with van der Waals surface area (Å²) < 4.78 is 1.92. The van der Waals surface area contributed by atoms with E-state index in [1.165, 1.54) is 16.8 Å². The topological polar surface area (TPSA) is 54.3 Å². The first-order valence-electron chi connectivity index (χ1n) is 9.00. The number of rotatable bonds is 5. The molecule has 0 aliphatic carbocycles. The van der Waals surface area contributed by atoms with Crippen molar-refractivity contribution in [3.05, 3.63) is 47.5 Å². The molecule has 1 saturated heterocycles. The van der Waals surface area contributed by atoms with Gasteiger partial charge in [-0.25, -0.2) is 0 Å².